The molecule has 0 bridgehead atoms. The van der Waals surface area contributed by atoms with Gasteiger partial charge in [0.25, 0.3) is 0 Å². The Bertz CT molecular complexity index is 382. The first-order valence-corrected chi connectivity index (χ1v) is 7.13. The van der Waals surface area contributed by atoms with Crippen LogP contribution in [-0.2, 0) is 16.0 Å². The molecule has 0 heterocycles. The van der Waals surface area contributed by atoms with E-state index >= 15 is 0 Å². The number of rotatable bonds is 9. The summed E-state index contributed by atoms with van der Waals surface area (Å²) < 4.78 is 4.58. The molecule has 0 radical (unpaired) electrons. The van der Waals surface area contributed by atoms with E-state index in [0.29, 0.717) is 6.42 Å². The van der Waals surface area contributed by atoms with Crippen LogP contribution in [0, 0.1) is 0 Å². The van der Waals surface area contributed by atoms with Gasteiger partial charge < -0.3 is 10.1 Å². The topological polar surface area (TPSA) is 38.3 Å². The predicted octanol–water partition coefficient (Wildman–Crippen LogP) is 3.21. The number of hydrogen-bond acceptors (Lipinski definition) is 3. The average molecular weight is 284 g/mol. The maximum atomic E-state index is 10.9. The molecular weight excluding hydrogens is 262 g/mol. The lowest BCUT2D eigenvalue weighted by Gasteiger charge is -2.06. The van der Waals surface area contributed by atoms with Crippen molar-refractivity contribution < 1.29 is 9.53 Å². The second-order valence-electron chi connectivity index (χ2n) is 4.48. The molecular formula is C15H22ClNO2. The molecule has 1 aromatic carbocycles. The highest BCUT2D eigenvalue weighted by atomic mass is 35.5. The molecule has 0 aliphatic carbocycles. The molecule has 0 unspecified atom stereocenters. The zero-order valence-electron chi connectivity index (χ0n) is 11.5. The molecule has 0 saturated heterocycles. The fourth-order valence-electron chi connectivity index (χ4n) is 1.85. The van der Waals surface area contributed by atoms with Crippen LogP contribution in [-0.4, -0.2) is 26.2 Å². The summed E-state index contributed by atoms with van der Waals surface area (Å²) in [5.41, 5.74) is 1.21. The summed E-state index contributed by atoms with van der Waals surface area (Å²) in [5, 5.41) is 4.22. The van der Waals surface area contributed by atoms with Gasteiger partial charge in [0.1, 0.15) is 0 Å². The summed E-state index contributed by atoms with van der Waals surface area (Å²) in [7, 11) is 1.43. The monoisotopic (exact) mass is 283 g/mol. The molecule has 0 fully saturated rings. The van der Waals surface area contributed by atoms with Crippen molar-refractivity contribution in [2.45, 2.75) is 32.1 Å². The number of aryl methyl sites for hydroxylation is 1. The molecule has 0 spiro atoms. The number of carbonyl (C=O) groups excluding carboxylic acids is 1. The number of carbonyl (C=O) groups is 1. The summed E-state index contributed by atoms with van der Waals surface area (Å²) in [5.74, 6) is -0.126. The second-order valence-corrected chi connectivity index (χ2v) is 4.89. The van der Waals surface area contributed by atoms with Gasteiger partial charge in [0.05, 0.1) is 7.11 Å². The molecule has 1 rings (SSSR count). The van der Waals surface area contributed by atoms with Crippen molar-refractivity contribution in [1.29, 1.82) is 0 Å². The Morgan fingerprint density at radius 3 is 2.68 bits per heavy atom. The third kappa shape index (κ3) is 7.19. The van der Waals surface area contributed by atoms with Crippen molar-refractivity contribution in [3.63, 3.8) is 0 Å². The Labute approximate surface area is 120 Å². The lowest BCUT2D eigenvalue weighted by molar-refractivity contribution is -0.140. The molecule has 0 saturated carbocycles. The summed E-state index contributed by atoms with van der Waals surface area (Å²) in [6.45, 7) is 1.92. The molecule has 4 heteroatoms. The van der Waals surface area contributed by atoms with Gasteiger partial charge in [0, 0.05) is 11.4 Å². The van der Waals surface area contributed by atoms with Crippen molar-refractivity contribution >= 4 is 17.6 Å². The first-order valence-electron chi connectivity index (χ1n) is 6.75. The van der Waals surface area contributed by atoms with Crippen LogP contribution in [0.5, 0.6) is 0 Å². The van der Waals surface area contributed by atoms with E-state index in [4.69, 9.17) is 11.6 Å². The maximum Gasteiger partial charge on any atom is 0.305 e. The van der Waals surface area contributed by atoms with Crippen molar-refractivity contribution in [2.75, 3.05) is 20.2 Å². The summed E-state index contributed by atoms with van der Waals surface area (Å²) in [4.78, 5) is 10.9. The van der Waals surface area contributed by atoms with Gasteiger partial charge in [0.15, 0.2) is 0 Å². The molecule has 0 aromatic heterocycles. The second kappa shape index (κ2) is 9.82. The zero-order chi connectivity index (χ0) is 13.9. The van der Waals surface area contributed by atoms with Crippen LogP contribution in [0.2, 0.25) is 5.02 Å². The van der Waals surface area contributed by atoms with Gasteiger partial charge in [-0.05, 0) is 50.4 Å². The molecule has 0 amide bonds. The normalized spacial score (nSPS) is 10.4. The summed E-state index contributed by atoms with van der Waals surface area (Å²) in [6, 6.07) is 7.96. The number of benzene rings is 1. The van der Waals surface area contributed by atoms with Crippen molar-refractivity contribution in [1.82, 2.24) is 5.32 Å². The molecule has 0 aliphatic rings. The smallest absolute Gasteiger partial charge is 0.305 e. The number of unbranched alkanes of at least 4 members (excludes halogenated alkanes) is 1. The first-order chi connectivity index (χ1) is 9.24. The molecule has 19 heavy (non-hydrogen) atoms. The molecule has 0 aliphatic heterocycles. The molecule has 3 nitrogen and oxygen atoms in total. The highest BCUT2D eigenvalue weighted by molar-refractivity contribution is 6.31. The molecule has 1 N–H and O–H groups in total. The van der Waals surface area contributed by atoms with E-state index in [9.17, 15) is 4.79 Å². The van der Waals surface area contributed by atoms with E-state index in [1.165, 1.54) is 12.7 Å². The van der Waals surface area contributed by atoms with Crippen LogP contribution >= 0.6 is 11.6 Å². The van der Waals surface area contributed by atoms with Gasteiger partial charge in [-0.15, -0.1) is 0 Å². The molecule has 106 valence electrons. The van der Waals surface area contributed by atoms with E-state index in [1.54, 1.807) is 0 Å². The van der Waals surface area contributed by atoms with Crippen molar-refractivity contribution in [3.05, 3.63) is 34.9 Å². The number of ether oxygens (including phenoxy) is 1. The first kappa shape index (κ1) is 16.0. The number of hydrogen-bond donors (Lipinski definition) is 1. The lowest BCUT2D eigenvalue weighted by Crippen LogP contribution is -2.17. The minimum atomic E-state index is -0.126. The Hall–Kier alpha value is -1.06. The van der Waals surface area contributed by atoms with E-state index < -0.39 is 0 Å². The van der Waals surface area contributed by atoms with Crippen LogP contribution in [0.3, 0.4) is 0 Å². The van der Waals surface area contributed by atoms with Gasteiger partial charge in [-0.3, -0.25) is 4.79 Å². The van der Waals surface area contributed by atoms with Crippen LogP contribution in [0.4, 0.5) is 0 Å². The quantitative estimate of drug-likeness (QED) is 0.559. The minimum Gasteiger partial charge on any atom is -0.469 e. The number of halogens is 1. The maximum absolute atomic E-state index is 10.9. The highest BCUT2D eigenvalue weighted by Crippen LogP contribution is 2.16. The van der Waals surface area contributed by atoms with Gasteiger partial charge in [-0.25, -0.2) is 0 Å². The summed E-state index contributed by atoms with van der Waals surface area (Å²) in [6.07, 6.45) is 4.46. The van der Waals surface area contributed by atoms with Crippen LogP contribution in [0.25, 0.3) is 0 Å². The van der Waals surface area contributed by atoms with Gasteiger partial charge in [-0.2, -0.15) is 0 Å². The third-order valence-corrected chi connectivity index (χ3v) is 3.34. The fourth-order valence-corrected chi connectivity index (χ4v) is 2.08. The Morgan fingerprint density at radius 1 is 1.21 bits per heavy atom. The Morgan fingerprint density at radius 2 is 1.95 bits per heavy atom. The number of methoxy groups -OCH3 is 1. The van der Waals surface area contributed by atoms with Crippen molar-refractivity contribution in [3.8, 4) is 0 Å². The standard InChI is InChI=1S/C15H22ClNO2/c1-19-15(18)10-4-5-11-17-12-6-8-13-7-2-3-9-14(13)16/h2-3,7,9,17H,4-6,8,10-12H2,1H3. The van der Waals surface area contributed by atoms with Gasteiger partial charge >= 0.3 is 5.97 Å². The van der Waals surface area contributed by atoms with E-state index in [2.05, 4.69) is 16.1 Å². The van der Waals surface area contributed by atoms with E-state index in [-0.39, 0.29) is 5.97 Å². The van der Waals surface area contributed by atoms with Crippen molar-refractivity contribution in [2.24, 2.45) is 0 Å². The van der Waals surface area contributed by atoms with Crippen LogP contribution < -0.4 is 5.32 Å². The third-order valence-electron chi connectivity index (χ3n) is 2.97. The molecule has 1 aromatic rings. The Kier molecular flexibility index (Phi) is 8.26. The number of esters is 1. The van der Waals surface area contributed by atoms with Gasteiger partial charge in [0.2, 0.25) is 0 Å². The predicted molar refractivity (Wildman–Crippen MR) is 78.5 cm³/mol. The van der Waals surface area contributed by atoms with Crippen LogP contribution in [0.1, 0.15) is 31.2 Å². The minimum absolute atomic E-state index is 0.126. The average Bonchev–Trinajstić information content (AvgIpc) is 2.43. The van der Waals surface area contributed by atoms with E-state index in [0.717, 1.165) is 43.8 Å². The highest BCUT2D eigenvalue weighted by Gasteiger charge is 2.00. The Balaban J connectivity index is 1.97. The fraction of sp³-hybridized carbons (Fsp3) is 0.533. The van der Waals surface area contributed by atoms with Crippen LogP contribution in [0.15, 0.2) is 24.3 Å². The lowest BCUT2D eigenvalue weighted by atomic mass is 10.1. The molecule has 0 atom stereocenters. The number of nitrogens with one attached hydrogen (secondary N) is 1. The largest absolute Gasteiger partial charge is 0.469 e. The van der Waals surface area contributed by atoms with Gasteiger partial charge in [-0.1, -0.05) is 29.8 Å². The van der Waals surface area contributed by atoms with E-state index in [1.807, 2.05) is 18.2 Å². The SMILES string of the molecule is COC(=O)CCCCNCCCc1ccccc1Cl. The summed E-state index contributed by atoms with van der Waals surface area (Å²) >= 11 is 6.08. The zero-order valence-corrected chi connectivity index (χ0v) is 12.2.